The van der Waals surface area contributed by atoms with E-state index in [1.807, 2.05) is 0 Å². The number of imidazole rings is 1. The Morgan fingerprint density at radius 3 is 2.86 bits per heavy atom. The van der Waals surface area contributed by atoms with E-state index in [-0.39, 0.29) is 0 Å². The molecule has 21 heavy (non-hydrogen) atoms. The number of nitrogens with zero attached hydrogens (tertiary/aromatic N) is 3. The van der Waals surface area contributed by atoms with Crippen LogP contribution >= 0.6 is 12.2 Å². The molecule has 114 valence electrons. The summed E-state index contributed by atoms with van der Waals surface area (Å²) < 4.78 is 7.23. The van der Waals surface area contributed by atoms with Gasteiger partial charge in [0.25, 0.3) is 0 Å². The van der Waals surface area contributed by atoms with Crippen LogP contribution in [0.1, 0.15) is 6.23 Å². The molecule has 0 unspecified atom stereocenters. The standard InChI is InChI=1S/C11H14N4O5S/c16-1-4(17)8-6(18)7(19)11(20-8)15-3-14-5-9(15)12-2-13-10(5)21/h2-4,6-8,11,16-19H,1H2,(H,12,13,21)/t4-,6+,7-,8+,11-/m1/s1. The first-order chi connectivity index (χ1) is 10.0. The summed E-state index contributed by atoms with van der Waals surface area (Å²) in [4.78, 5) is 10.8. The Balaban J connectivity index is 2.00. The van der Waals surface area contributed by atoms with Crippen molar-refractivity contribution in [1.29, 1.82) is 0 Å². The third kappa shape index (κ3) is 2.25. The lowest BCUT2D eigenvalue weighted by atomic mass is 10.1. The summed E-state index contributed by atoms with van der Waals surface area (Å²) in [5, 5.41) is 38.6. The fraction of sp³-hybridized carbons (Fsp3) is 0.545. The molecule has 0 saturated carbocycles. The molecule has 3 heterocycles. The number of aromatic amines is 1. The normalized spacial score (nSPS) is 30.9. The predicted molar refractivity (Wildman–Crippen MR) is 71.7 cm³/mol. The summed E-state index contributed by atoms with van der Waals surface area (Å²) in [5.41, 5.74) is 0.911. The lowest BCUT2D eigenvalue weighted by Gasteiger charge is -2.18. The zero-order chi connectivity index (χ0) is 15.1. The van der Waals surface area contributed by atoms with E-state index in [1.165, 1.54) is 17.2 Å². The van der Waals surface area contributed by atoms with Crippen molar-refractivity contribution in [1.82, 2.24) is 19.5 Å². The summed E-state index contributed by atoms with van der Waals surface area (Å²) in [6.45, 7) is -0.585. The number of rotatable bonds is 3. The minimum Gasteiger partial charge on any atom is -0.394 e. The van der Waals surface area contributed by atoms with Crippen molar-refractivity contribution in [3.05, 3.63) is 17.3 Å². The van der Waals surface area contributed by atoms with Crippen LogP contribution in [0.5, 0.6) is 0 Å². The van der Waals surface area contributed by atoms with E-state index in [0.717, 1.165) is 0 Å². The maximum atomic E-state index is 10.1. The second-order valence-corrected chi connectivity index (χ2v) is 5.17. The van der Waals surface area contributed by atoms with Crippen molar-refractivity contribution in [3.8, 4) is 0 Å². The first-order valence-electron chi connectivity index (χ1n) is 6.25. The van der Waals surface area contributed by atoms with Gasteiger partial charge in [-0.1, -0.05) is 12.2 Å². The maximum Gasteiger partial charge on any atom is 0.165 e. The van der Waals surface area contributed by atoms with Crippen molar-refractivity contribution < 1.29 is 25.2 Å². The Kier molecular flexibility index (Phi) is 3.73. The molecule has 0 spiro atoms. The molecule has 1 aliphatic rings. The Hall–Kier alpha value is -1.43. The van der Waals surface area contributed by atoms with Crippen molar-refractivity contribution in [2.75, 3.05) is 6.61 Å². The second kappa shape index (κ2) is 5.40. The van der Waals surface area contributed by atoms with E-state index in [2.05, 4.69) is 15.0 Å². The van der Waals surface area contributed by atoms with Gasteiger partial charge in [0.2, 0.25) is 0 Å². The van der Waals surface area contributed by atoms with E-state index in [9.17, 15) is 15.3 Å². The van der Waals surface area contributed by atoms with Gasteiger partial charge >= 0.3 is 0 Å². The smallest absolute Gasteiger partial charge is 0.165 e. The van der Waals surface area contributed by atoms with Crippen LogP contribution in [0.15, 0.2) is 12.7 Å². The fourth-order valence-corrected chi connectivity index (χ4v) is 2.61. The maximum absolute atomic E-state index is 10.1. The first kappa shape index (κ1) is 14.5. The highest BCUT2D eigenvalue weighted by Crippen LogP contribution is 2.32. The Morgan fingerprint density at radius 1 is 1.38 bits per heavy atom. The molecule has 0 bridgehead atoms. The van der Waals surface area contributed by atoms with E-state index >= 15 is 0 Å². The van der Waals surface area contributed by atoms with Gasteiger partial charge in [0.15, 0.2) is 10.9 Å². The molecular weight excluding hydrogens is 300 g/mol. The third-order valence-corrected chi connectivity index (χ3v) is 3.79. The molecule has 5 atom stereocenters. The molecule has 0 radical (unpaired) electrons. The third-order valence-electron chi connectivity index (χ3n) is 3.50. The monoisotopic (exact) mass is 314 g/mol. The predicted octanol–water partition coefficient (Wildman–Crippen LogP) is -1.54. The van der Waals surface area contributed by atoms with Gasteiger partial charge in [-0.15, -0.1) is 0 Å². The lowest BCUT2D eigenvalue weighted by molar-refractivity contribution is -0.0962. The molecule has 0 aromatic carbocycles. The molecule has 1 fully saturated rings. The average molecular weight is 314 g/mol. The van der Waals surface area contributed by atoms with Gasteiger partial charge in [-0.2, -0.15) is 0 Å². The Morgan fingerprint density at radius 2 is 2.14 bits per heavy atom. The van der Waals surface area contributed by atoms with Crippen LogP contribution in [0, 0.1) is 4.64 Å². The van der Waals surface area contributed by atoms with Crippen LogP contribution in [0.25, 0.3) is 11.2 Å². The van der Waals surface area contributed by atoms with Crippen LogP contribution in [-0.4, -0.2) is 71.0 Å². The minimum atomic E-state index is -1.33. The largest absolute Gasteiger partial charge is 0.394 e. The van der Waals surface area contributed by atoms with Crippen LogP contribution in [-0.2, 0) is 4.74 Å². The van der Waals surface area contributed by atoms with E-state index in [1.54, 1.807) is 0 Å². The molecule has 1 saturated heterocycles. The average Bonchev–Trinajstić information content (AvgIpc) is 3.02. The van der Waals surface area contributed by atoms with Crippen molar-refractivity contribution in [2.24, 2.45) is 0 Å². The highest BCUT2D eigenvalue weighted by atomic mass is 32.1. The highest BCUT2D eigenvalue weighted by molar-refractivity contribution is 7.71. The Bertz CT molecular complexity index is 703. The number of aliphatic hydroxyl groups excluding tert-OH is 4. The molecule has 10 heteroatoms. The molecule has 9 nitrogen and oxygen atoms in total. The van der Waals surface area contributed by atoms with Gasteiger partial charge < -0.3 is 30.1 Å². The number of aliphatic hydroxyl groups is 4. The highest BCUT2D eigenvalue weighted by Gasteiger charge is 2.47. The number of ether oxygens (including phenoxy) is 1. The number of H-pyrrole nitrogens is 1. The van der Waals surface area contributed by atoms with Gasteiger partial charge in [-0.05, 0) is 0 Å². The summed E-state index contributed by atoms with van der Waals surface area (Å²) in [6, 6.07) is 0. The van der Waals surface area contributed by atoms with Crippen molar-refractivity contribution in [2.45, 2.75) is 30.6 Å². The summed E-state index contributed by atoms with van der Waals surface area (Å²) >= 11 is 5.05. The number of hydrogen-bond acceptors (Lipinski definition) is 8. The van der Waals surface area contributed by atoms with Crippen LogP contribution in [0.3, 0.4) is 0 Å². The van der Waals surface area contributed by atoms with Crippen LogP contribution in [0.4, 0.5) is 0 Å². The number of aromatic nitrogens is 4. The van der Waals surface area contributed by atoms with Crippen LogP contribution < -0.4 is 0 Å². The summed E-state index contributed by atoms with van der Waals surface area (Å²) in [7, 11) is 0. The molecule has 3 rings (SSSR count). The number of hydrogen-bond donors (Lipinski definition) is 5. The molecule has 0 amide bonds. The zero-order valence-corrected chi connectivity index (χ0v) is 11.5. The quantitative estimate of drug-likeness (QED) is 0.430. The molecule has 1 aliphatic heterocycles. The van der Waals surface area contributed by atoms with E-state index in [4.69, 9.17) is 22.1 Å². The lowest BCUT2D eigenvalue weighted by Crippen LogP contribution is -2.40. The number of fused-ring (bicyclic) bond motifs is 1. The number of nitrogens with one attached hydrogen (secondary N) is 1. The minimum absolute atomic E-state index is 0.294. The second-order valence-electron chi connectivity index (χ2n) is 4.78. The topological polar surface area (TPSA) is 137 Å². The van der Waals surface area contributed by atoms with Gasteiger partial charge in [-0.3, -0.25) is 4.57 Å². The van der Waals surface area contributed by atoms with Gasteiger partial charge in [0.1, 0.15) is 35.6 Å². The van der Waals surface area contributed by atoms with E-state index in [0.29, 0.717) is 15.8 Å². The van der Waals surface area contributed by atoms with Crippen LogP contribution in [0.2, 0.25) is 0 Å². The van der Waals surface area contributed by atoms with Gasteiger partial charge in [-0.25, -0.2) is 9.97 Å². The summed E-state index contributed by atoms with van der Waals surface area (Å²) in [6.07, 6.45) is -3.20. The van der Waals surface area contributed by atoms with E-state index < -0.39 is 37.3 Å². The molecular formula is C11H14N4O5S. The van der Waals surface area contributed by atoms with Gasteiger partial charge in [0, 0.05) is 0 Å². The van der Waals surface area contributed by atoms with Crippen molar-refractivity contribution >= 4 is 23.4 Å². The van der Waals surface area contributed by atoms with Gasteiger partial charge in [0.05, 0.1) is 19.3 Å². The summed E-state index contributed by atoms with van der Waals surface area (Å²) in [5.74, 6) is 0. The van der Waals surface area contributed by atoms with Crippen molar-refractivity contribution in [3.63, 3.8) is 0 Å². The molecule has 2 aromatic rings. The zero-order valence-electron chi connectivity index (χ0n) is 10.7. The molecule has 0 aliphatic carbocycles. The molecule has 5 N–H and O–H groups in total. The Labute approximate surface area is 123 Å². The molecule has 2 aromatic heterocycles. The fourth-order valence-electron chi connectivity index (χ4n) is 2.40. The first-order valence-corrected chi connectivity index (χ1v) is 6.66. The SMILES string of the molecule is OC[C@@H](O)[C@@H]1O[C@@H](n2cnc3c(=S)nc[nH]c32)[C@H](O)[C@@H]1O.